The van der Waals surface area contributed by atoms with E-state index in [-0.39, 0.29) is 5.91 Å². The van der Waals surface area contributed by atoms with Crippen LogP contribution < -0.4 is 9.80 Å². The third-order valence-corrected chi connectivity index (χ3v) is 4.80. The van der Waals surface area contributed by atoms with Gasteiger partial charge in [0.05, 0.1) is 6.20 Å². The second-order valence-electron chi connectivity index (χ2n) is 6.32. The number of fused-ring (bicyclic) bond motifs is 1. The van der Waals surface area contributed by atoms with Gasteiger partial charge in [0, 0.05) is 43.5 Å². The number of benzene rings is 1. The van der Waals surface area contributed by atoms with Crippen LogP contribution in [0.4, 0.5) is 11.5 Å². The Morgan fingerprint density at radius 1 is 0.870 bits per heavy atom. The zero-order chi connectivity index (χ0) is 15.6. The van der Waals surface area contributed by atoms with Crippen molar-refractivity contribution in [3.63, 3.8) is 0 Å². The van der Waals surface area contributed by atoms with Crippen LogP contribution in [0.2, 0.25) is 0 Å². The number of anilines is 2. The molecular formula is C18H22N4O. The summed E-state index contributed by atoms with van der Waals surface area (Å²) in [5, 5.41) is 4.27. The van der Waals surface area contributed by atoms with Gasteiger partial charge in [-0.3, -0.25) is 9.69 Å². The van der Waals surface area contributed by atoms with Gasteiger partial charge in [-0.2, -0.15) is 5.10 Å². The van der Waals surface area contributed by atoms with Gasteiger partial charge in [-0.05, 0) is 49.9 Å². The van der Waals surface area contributed by atoms with Crippen LogP contribution in [-0.2, 0) is 6.54 Å². The molecule has 1 saturated heterocycles. The van der Waals surface area contributed by atoms with Gasteiger partial charge < -0.3 is 4.90 Å². The van der Waals surface area contributed by atoms with Gasteiger partial charge in [-0.1, -0.05) is 0 Å². The van der Waals surface area contributed by atoms with E-state index in [9.17, 15) is 4.79 Å². The molecule has 0 bridgehead atoms. The molecule has 5 heteroatoms. The van der Waals surface area contributed by atoms with E-state index in [1.807, 2.05) is 27.8 Å². The lowest BCUT2D eigenvalue weighted by Gasteiger charge is -2.29. The van der Waals surface area contributed by atoms with Crippen LogP contribution in [-0.4, -0.2) is 35.3 Å². The average Bonchev–Trinajstić information content (AvgIpc) is 3.11. The van der Waals surface area contributed by atoms with Gasteiger partial charge in [-0.15, -0.1) is 0 Å². The van der Waals surface area contributed by atoms with Crippen LogP contribution in [0.5, 0.6) is 0 Å². The Morgan fingerprint density at radius 2 is 1.65 bits per heavy atom. The lowest BCUT2D eigenvalue weighted by Crippen LogP contribution is -2.37. The van der Waals surface area contributed by atoms with Gasteiger partial charge in [0.15, 0.2) is 0 Å². The highest BCUT2D eigenvalue weighted by atomic mass is 16.2. The van der Waals surface area contributed by atoms with E-state index in [4.69, 9.17) is 0 Å². The quantitative estimate of drug-likeness (QED) is 0.856. The second kappa shape index (κ2) is 6.07. The van der Waals surface area contributed by atoms with Crippen molar-refractivity contribution >= 4 is 17.4 Å². The monoisotopic (exact) mass is 310 g/mol. The summed E-state index contributed by atoms with van der Waals surface area (Å²) >= 11 is 0. The zero-order valence-electron chi connectivity index (χ0n) is 13.3. The fraction of sp³-hybridized carbons (Fsp3) is 0.444. The highest BCUT2D eigenvalue weighted by Crippen LogP contribution is 2.24. The molecule has 0 aliphatic carbocycles. The molecule has 4 rings (SSSR count). The molecule has 2 aliphatic heterocycles. The molecule has 0 spiro atoms. The molecule has 3 heterocycles. The summed E-state index contributed by atoms with van der Waals surface area (Å²) in [5.74, 6) is 0.970. The van der Waals surface area contributed by atoms with Gasteiger partial charge in [0.2, 0.25) is 0 Å². The molecule has 0 saturated carbocycles. The second-order valence-corrected chi connectivity index (χ2v) is 6.32. The minimum absolute atomic E-state index is 0.0663. The maximum absolute atomic E-state index is 12.8. The number of hydrogen-bond donors (Lipinski definition) is 0. The molecule has 1 aromatic heterocycles. The Hall–Kier alpha value is -2.30. The highest BCUT2D eigenvalue weighted by molar-refractivity contribution is 6.05. The summed E-state index contributed by atoms with van der Waals surface area (Å²) in [5.41, 5.74) is 1.98. The van der Waals surface area contributed by atoms with Gasteiger partial charge in [0.25, 0.3) is 5.91 Å². The van der Waals surface area contributed by atoms with E-state index < -0.39 is 0 Å². The summed E-state index contributed by atoms with van der Waals surface area (Å²) < 4.78 is 1.91. The number of aryl methyl sites for hydroxylation is 1. The van der Waals surface area contributed by atoms with Crippen molar-refractivity contribution in [2.75, 3.05) is 29.4 Å². The number of piperidine rings is 1. The first-order valence-corrected chi connectivity index (χ1v) is 8.52. The van der Waals surface area contributed by atoms with E-state index >= 15 is 0 Å². The van der Waals surface area contributed by atoms with E-state index in [1.54, 1.807) is 6.20 Å². The zero-order valence-corrected chi connectivity index (χ0v) is 13.3. The standard InChI is InChI=1S/C18H22N4O/c23-18(21-13-4-14-22-17(21)9-10-19-22)15-5-7-16(8-6-15)20-11-2-1-3-12-20/h5-10H,1-4,11-14H2. The molecule has 0 radical (unpaired) electrons. The number of carbonyl (C=O) groups excluding carboxylic acids is 1. The normalized spacial score (nSPS) is 17.9. The molecular weight excluding hydrogens is 288 g/mol. The topological polar surface area (TPSA) is 41.4 Å². The molecule has 0 atom stereocenters. The molecule has 0 N–H and O–H groups in total. The molecule has 1 aromatic carbocycles. The Morgan fingerprint density at radius 3 is 2.43 bits per heavy atom. The van der Waals surface area contributed by atoms with E-state index in [1.165, 1.54) is 24.9 Å². The van der Waals surface area contributed by atoms with Crippen molar-refractivity contribution in [1.82, 2.24) is 9.78 Å². The van der Waals surface area contributed by atoms with Gasteiger partial charge in [0.1, 0.15) is 5.82 Å². The summed E-state index contributed by atoms with van der Waals surface area (Å²) in [4.78, 5) is 17.1. The number of aromatic nitrogens is 2. The number of carbonyl (C=O) groups is 1. The van der Waals surface area contributed by atoms with Gasteiger partial charge in [-0.25, -0.2) is 4.68 Å². The van der Waals surface area contributed by atoms with Crippen molar-refractivity contribution in [1.29, 1.82) is 0 Å². The summed E-state index contributed by atoms with van der Waals surface area (Å²) in [6.45, 7) is 3.90. The highest BCUT2D eigenvalue weighted by Gasteiger charge is 2.24. The first-order valence-electron chi connectivity index (χ1n) is 8.52. The Labute approximate surface area is 136 Å². The van der Waals surface area contributed by atoms with Crippen LogP contribution >= 0.6 is 0 Å². The number of amides is 1. The number of rotatable bonds is 2. The van der Waals surface area contributed by atoms with Crippen LogP contribution in [0.15, 0.2) is 36.5 Å². The fourth-order valence-electron chi connectivity index (χ4n) is 3.55. The van der Waals surface area contributed by atoms with E-state index in [0.717, 1.165) is 44.0 Å². The SMILES string of the molecule is O=C(c1ccc(N2CCCCC2)cc1)N1CCCn2nccc21. The summed E-state index contributed by atoms with van der Waals surface area (Å²) in [6, 6.07) is 10.0. The van der Waals surface area contributed by atoms with Crippen LogP contribution in [0.1, 0.15) is 36.0 Å². The molecule has 23 heavy (non-hydrogen) atoms. The van der Waals surface area contributed by atoms with E-state index in [0.29, 0.717) is 0 Å². The minimum Gasteiger partial charge on any atom is -0.372 e. The molecule has 1 amide bonds. The van der Waals surface area contributed by atoms with Gasteiger partial charge >= 0.3 is 0 Å². The molecule has 2 aromatic rings. The maximum Gasteiger partial charge on any atom is 0.259 e. The molecule has 1 fully saturated rings. The smallest absolute Gasteiger partial charge is 0.259 e. The lowest BCUT2D eigenvalue weighted by atomic mass is 10.1. The first kappa shape index (κ1) is 14.3. The molecule has 2 aliphatic rings. The predicted octanol–water partition coefficient (Wildman–Crippen LogP) is 2.92. The van der Waals surface area contributed by atoms with E-state index in [2.05, 4.69) is 22.1 Å². The minimum atomic E-state index is 0.0663. The molecule has 5 nitrogen and oxygen atoms in total. The van der Waals surface area contributed by atoms with Crippen LogP contribution in [0, 0.1) is 0 Å². The van der Waals surface area contributed by atoms with Crippen molar-refractivity contribution in [3.05, 3.63) is 42.1 Å². The number of hydrogen-bond acceptors (Lipinski definition) is 3. The Balaban J connectivity index is 1.53. The fourth-order valence-corrected chi connectivity index (χ4v) is 3.55. The Kier molecular flexibility index (Phi) is 3.77. The first-order chi connectivity index (χ1) is 11.3. The van der Waals surface area contributed by atoms with Crippen LogP contribution in [0.3, 0.4) is 0 Å². The van der Waals surface area contributed by atoms with Crippen LogP contribution in [0.25, 0.3) is 0 Å². The number of nitrogens with zero attached hydrogens (tertiary/aromatic N) is 4. The van der Waals surface area contributed by atoms with Crippen molar-refractivity contribution in [2.24, 2.45) is 0 Å². The summed E-state index contributed by atoms with van der Waals surface area (Å²) in [7, 11) is 0. The lowest BCUT2D eigenvalue weighted by molar-refractivity contribution is 0.0981. The van der Waals surface area contributed by atoms with Crippen molar-refractivity contribution in [2.45, 2.75) is 32.2 Å². The maximum atomic E-state index is 12.8. The molecule has 0 unspecified atom stereocenters. The van der Waals surface area contributed by atoms with Crippen molar-refractivity contribution < 1.29 is 4.79 Å². The average molecular weight is 310 g/mol. The third-order valence-electron chi connectivity index (χ3n) is 4.80. The van der Waals surface area contributed by atoms with Crippen molar-refractivity contribution in [3.8, 4) is 0 Å². The third kappa shape index (κ3) is 2.71. The Bertz CT molecular complexity index is 685. The predicted molar refractivity (Wildman–Crippen MR) is 91.0 cm³/mol. The molecule has 120 valence electrons. The summed E-state index contributed by atoms with van der Waals surface area (Å²) in [6.07, 6.45) is 6.57. The largest absolute Gasteiger partial charge is 0.372 e.